The molecule has 1 atom stereocenters. The molecule has 0 saturated carbocycles. The molecule has 1 fully saturated rings. The number of hydrogen-bond acceptors (Lipinski definition) is 7. The van der Waals surface area contributed by atoms with Gasteiger partial charge in [-0.25, -0.2) is 9.59 Å². The van der Waals surface area contributed by atoms with Gasteiger partial charge in [-0.15, -0.1) is 0 Å². The second kappa shape index (κ2) is 8.07. The van der Waals surface area contributed by atoms with Gasteiger partial charge in [-0.05, 0) is 24.6 Å². The second-order valence-electron chi connectivity index (χ2n) is 6.65. The van der Waals surface area contributed by atoms with Crippen LogP contribution in [0.4, 0.5) is 4.79 Å². The highest BCUT2D eigenvalue weighted by atomic mass is 16.7. The normalized spacial score (nSPS) is 21.9. The number of amides is 2. The number of hydrogen-bond donors (Lipinski definition) is 2. The van der Waals surface area contributed by atoms with Gasteiger partial charge < -0.3 is 29.6 Å². The van der Waals surface area contributed by atoms with E-state index < -0.39 is 12.0 Å². The summed E-state index contributed by atoms with van der Waals surface area (Å²) >= 11 is 0. The van der Waals surface area contributed by atoms with Gasteiger partial charge in [0.25, 0.3) is 0 Å². The van der Waals surface area contributed by atoms with Crippen molar-refractivity contribution < 1.29 is 28.5 Å². The monoisotopic (exact) mass is 389 g/mol. The van der Waals surface area contributed by atoms with Gasteiger partial charge in [0.1, 0.15) is 0 Å². The Kier molecular flexibility index (Phi) is 5.36. The number of esters is 1. The maximum atomic E-state index is 12.8. The fraction of sp³-hybridized carbons (Fsp3) is 0.474. The van der Waals surface area contributed by atoms with E-state index in [1.54, 1.807) is 19.1 Å². The van der Waals surface area contributed by atoms with Crippen LogP contribution >= 0.6 is 0 Å². The van der Waals surface area contributed by atoms with Crippen LogP contribution in [0, 0.1) is 0 Å². The molecule has 9 heteroatoms. The van der Waals surface area contributed by atoms with Crippen molar-refractivity contribution >= 4 is 12.0 Å². The zero-order chi connectivity index (χ0) is 19.5. The maximum Gasteiger partial charge on any atom is 0.338 e. The van der Waals surface area contributed by atoms with Crippen molar-refractivity contribution in [3.63, 3.8) is 0 Å². The number of benzene rings is 1. The summed E-state index contributed by atoms with van der Waals surface area (Å²) in [4.78, 5) is 27.3. The Labute approximate surface area is 162 Å². The van der Waals surface area contributed by atoms with Gasteiger partial charge in [-0.2, -0.15) is 0 Å². The van der Waals surface area contributed by atoms with Gasteiger partial charge in [0.05, 0.1) is 31.4 Å². The van der Waals surface area contributed by atoms with Crippen molar-refractivity contribution in [2.45, 2.75) is 13.0 Å². The number of urea groups is 1. The van der Waals surface area contributed by atoms with Crippen molar-refractivity contribution in [1.29, 1.82) is 0 Å². The molecule has 0 radical (unpaired) electrons. The topological polar surface area (TPSA) is 98.4 Å². The summed E-state index contributed by atoms with van der Waals surface area (Å²) < 4.78 is 21.5. The molecule has 0 spiro atoms. The first-order valence-corrected chi connectivity index (χ1v) is 9.33. The average molecular weight is 389 g/mol. The Balaban J connectivity index is 1.70. The zero-order valence-corrected chi connectivity index (χ0v) is 15.7. The van der Waals surface area contributed by atoms with Crippen LogP contribution in [-0.2, 0) is 14.3 Å². The molecule has 1 aromatic carbocycles. The molecule has 4 rings (SSSR count). The van der Waals surface area contributed by atoms with Gasteiger partial charge in [0.2, 0.25) is 6.79 Å². The quantitative estimate of drug-likeness (QED) is 0.723. The second-order valence-corrected chi connectivity index (χ2v) is 6.65. The number of morpholine rings is 1. The Hall–Kier alpha value is -2.78. The van der Waals surface area contributed by atoms with E-state index in [9.17, 15) is 9.59 Å². The molecule has 3 heterocycles. The number of nitrogens with one attached hydrogen (secondary N) is 2. The van der Waals surface area contributed by atoms with E-state index in [0.29, 0.717) is 42.5 Å². The number of carbonyl (C=O) groups is 2. The van der Waals surface area contributed by atoms with Crippen molar-refractivity contribution in [3.05, 3.63) is 35.0 Å². The van der Waals surface area contributed by atoms with E-state index in [1.165, 1.54) is 0 Å². The summed E-state index contributed by atoms with van der Waals surface area (Å²) in [6.07, 6.45) is 0. The molecule has 3 aliphatic rings. The number of ether oxygens (including phenoxy) is 4. The lowest BCUT2D eigenvalue weighted by Crippen LogP contribution is -2.49. The van der Waals surface area contributed by atoms with E-state index in [4.69, 9.17) is 18.9 Å². The van der Waals surface area contributed by atoms with Crippen LogP contribution < -0.4 is 20.1 Å². The Morgan fingerprint density at radius 3 is 2.82 bits per heavy atom. The highest BCUT2D eigenvalue weighted by molar-refractivity contribution is 5.95. The van der Waals surface area contributed by atoms with Gasteiger partial charge in [0.15, 0.2) is 11.5 Å². The van der Waals surface area contributed by atoms with E-state index in [1.807, 2.05) is 6.07 Å². The lowest BCUT2D eigenvalue weighted by atomic mass is 9.94. The predicted octanol–water partition coefficient (Wildman–Crippen LogP) is 0.919. The lowest BCUT2D eigenvalue weighted by Gasteiger charge is -2.33. The third-order valence-corrected chi connectivity index (χ3v) is 4.86. The van der Waals surface area contributed by atoms with Crippen LogP contribution in [0.5, 0.6) is 11.5 Å². The smallest absolute Gasteiger partial charge is 0.338 e. The molecular weight excluding hydrogens is 366 g/mol. The van der Waals surface area contributed by atoms with E-state index in [-0.39, 0.29) is 19.4 Å². The summed E-state index contributed by atoms with van der Waals surface area (Å²) in [5.74, 6) is 0.767. The number of fused-ring (bicyclic) bond motifs is 1. The third kappa shape index (κ3) is 3.76. The number of rotatable bonds is 5. The largest absolute Gasteiger partial charge is 0.463 e. The van der Waals surface area contributed by atoms with Crippen LogP contribution in [0.2, 0.25) is 0 Å². The molecule has 1 aromatic rings. The first-order chi connectivity index (χ1) is 13.7. The SMILES string of the molecule is CCOC(=O)C1=C(CN2CCOCC2)NC(=O)N[C@@H]1c1ccc2c(c1)OCO2. The molecule has 9 nitrogen and oxygen atoms in total. The molecule has 0 unspecified atom stereocenters. The molecule has 2 N–H and O–H groups in total. The lowest BCUT2D eigenvalue weighted by molar-refractivity contribution is -0.139. The molecule has 150 valence electrons. The van der Waals surface area contributed by atoms with Crippen LogP contribution in [0.25, 0.3) is 0 Å². The maximum absolute atomic E-state index is 12.8. The molecule has 28 heavy (non-hydrogen) atoms. The van der Waals surface area contributed by atoms with E-state index in [2.05, 4.69) is 15.5 Å². The van der Waals surface area contributed by atoms with Gasteiger partial charge in [0, 0.05) is 25.3 Å². The fourth-order valence-electron chi connectivity index (χ4n) is 3.52. The first kappa shape index (κ1) is 18.6. The van der Waals surface area contributed by atoms with Crippen LogP contribution in [0.3, 0.4) is 0 Å². The molecule has 3 aliphatic heterocycles. The van der Waals surface area contributed by atoms with Crippen molar-refractivity contribution in [1.82, 2.24) is 15.5 Å². The molecule has 0 bridgehead atoms. The molecule has 2 amide bonds. The third-order valence-electron chi connectivity index (χ3n) is 4.86. The minimum Gasteiger partial charge on any atom is -0.463 e. The Morgan fingerprint density at radius 2 is 2.04 bits per heavy atom. The Bertz CT molecular complexity index is 803. The molecular formula is C19H23N3O6. The van der Waals surface area contributed by atoms with E-state index in [0.717, 1.165) is 18.7 Å². The number of carbonyl (C=O) groups excluding carboxylic acids is 2. The predicted molar refractivity (Wildman–Crippen MR) is 97.9 cm³/mol. The molecule has 0 aromatic heterocycles. The fourth-order valence-corrected chi connectivity index (χ4v) is 3.52. The first-order valence-electron chi connectivity index (χ1n) is 9.33. The van der Waals surface area contributed by atoms with Gasteiger partial charge >= 0.3 is 12.0 Å². The van der Waals surface area contributed by atoms with Gasteiger partial charge in [-0.3, -0.25) is 4.90 Å². The minimum absolute atomic E-state index is 0.153. The summed E-state index contributed by atoms with van der Waals surface area (Å²) in [5, 5.41) is 5.63. The van der Waals surface area contributed by atoms with Crippen molar-refractivity contribution in [2.75, 3.05) is 46.2 Å². The van der Waals surface area contributed by atoms with Crippen LogP contribution in [0.15, 0.2) is 29.5 Å². The summed E-state index contributed by atoms with van der Waals surface area (Å²) in [5.41, 5.74) is 1.67. The summed E-state index contributed by atoms with van der Waals surface area (Å²) in [6, 6.07) is 4.37. The molecule has 0 aliphatic carbocycles. The van der Waals surface area contributed by atoms with E-state index >= 15 is 0 Å². The van der Waals surface area contributed by atoms with Crippen molar-refractivity contribution in [2.24, 2.45) is 0 Å². The number of nitrogens with zero attached hydrogens (tertiary/aromatic N) is 1. The highest BCUT2D eigenvalue weighted by Crippen LogP contribution is 2.37. The summed E-state index contributed by atoms with van der Waals surface area (Å²) in [7, 11) is 0. The minimum atomic E-state index is -0.640. The van der Waals surface area contributed by atoms with Crippen molar-refractivity contribution in [3.8, 4) is 11.5 Å². The molecule has 1 saturated heterocycles. The zero-order valence-electron chi connectivity index (χ0n) is 15.7. The highest BCUT2D eigenvalue weighted by Gasteiger charge is 2.35. The van der Waals surface area contributed by atoms with Crippen LogP contribution in [-0.4, -0.2) is 63.1 Å². The van der Waals surface area contributed by atoms with Crippen LogP contribution in [0.1, 0.15) is 18.5 Å². The average Bonchev–Trinajstić information content (AvgIpc) is 3.16. The Morgan fingerprint density at radius 1 is 1.25 bits per heavy atom. The van der Waals surface area contributed by atoms with Gasteiger partial charge in [-0.1, -0.05) is 6.07 Å². The summed E-state index contributed by atoms with van der Waals surface area (Å²) in [6.45, 7) is 5.31. The standard InChI is InChI=1S/C19H23N3O6/c1-2-26-18(23)16-13(10-22-5-7-25-8-6-22)20-19(24)21-17(16)12-3-4-14-15(9-12)28-11-27-14/h3-4,9,17H,2,5-8,10-11H2,1H3,(H2,20,21,24)/t17-/m1/s1.